The molecule has 172 valence electrons. The van der Waals surface area contributed by atoms with Crippen LogP contribution in [-0.4, -0.2) is 34.5 Å². The third kappa shape index (κ3) is 7.52. The zero-order chi connectivity index (χ0) is 23.0. The predicted molar refractivity (Wildman–Crippen MR) is 116 cm³/mol. The number of aromatic nitrogens is 2. The van der Waals surface area contributed by atoms with Gasteiger partial charge in [-0.2, -0.15) is 13.2 Å². The van der Waals surface area contributed by atoms with Gasteiger partial charge in [0.1, 0.15) is 5.78 Å². The number of halogens is 3. The van der Waals surface area contributed by atoms with E-state index in [1.807, 2.05) is 30.3 Å². The van der Waals surface area contributed by atoms with Gasteiger partial charge in [0.15, 0.2) is 0 Å². The number of aryl methyl sites for hydroxylation is 1. The van der Waals surface area contributed by atoms with Crippen molar-refractivity contribution in [2.24, 2.45) is 5.92 Å². The lowest BCUT2D eigenvalue weighted by Crippen LogP contribution is -2.41. The number of Topliss-reactive ketones (excluding diaryl/α,β-unsaturated/α-hetero) is 1. The summed E-state index contributed by atoms with van der Waals surface area (Å²) < 4.78 is 37.9. The van der Waals surface area contributed by atoms with E-state index < -0.39 is 17.1 Å². The number of allylic oxidation sites excluding steroid dienone is 1. The molecule has 1 aliphatic heterocycles. The summed E-state index contributed by atoms with van der Waals surface area (Å²) in [5.74, 6) is -0.660. The van der Waals surface area contributed by atoms with Crippen LogP contribution in [0.1, 0.15) is 42.7 Å². The molecule has 1 aromatic carbocycles. The van der Waals surface area contributed by atoms with Gasteiger partial charge < -0.3 is 5.32 Å². The fourth-order valence-corrected chi connectivity index (χ4v) is 4.16. The normalized spacial score (nSPS) is 17.9. The molecule has 6 nitrogen and oxygen atoms in total. The average molecular weight is 467 g/mol. The Hall–Kier alpha value is -2.59. The van der Waals surface area contributed by atoms with Crippen LogP contribution >= 0.6 is 11.3 Å². The van der Waals surface area contributed by atoms with E-state index in [9.17, 15) is 22.8 Å². The van der Waals surface area contributed by atoms with E-state index in [0.29, 0.717) is 12.8 Å². The molecule has 3 rings (SSSR count). The molecule has 32 heavy (non-hydrogen) atoms. The van der Waals surface area contributed by atoms with Gasteiger partial charge in [-0.25, -0.2) is 0 Å². The van der Waals surface area contributed by atoms with E-state index in [0.717, 1.165) is 37.8 Å². The Kier molecular flexibility index (Phi) is 8.52. The van der Waals surface area contributed by atoms with Crippen molar-refractivity contribution in [3.63, 3.8) is 0 Å². The first-order valence-electron chi connectivity index (χ1n) is 10.5. The molecule has 1 aromatic heterocycles. The highest BCUT2D eigenvalue weighted by Gasteiger charge is 2.35. The number of hydrogen-bond donors (Lipinski definition) is 2. The minimum atomic E-state index is -4.60. The number of hydrogen-bond acceptors (Lipinski definition) is 6. The quantitative estimate of drug-likeness (QED) is 0.535. The molecule has 1 fully saturated rings. The van der Waals surface area contributed by atoms with Gasteiger partial charge in [0.2, 0.25) is 16.0 Å². The largest absolute Gasteiger partial charge is 0.445 e. The molecule has 1 aliphatic rings. The van der Waals surface area contributed by atoms with Gasteiger partial charge in [0.05, 0.1) is 6.04 Å². The number of ketones is 1. The van der Waals surface area contributed by atoms with Crippen LogP contribution in [0.25, 0.3) is 0 Å². The van der Waals surface area contributed by atoms with Crippen molar-refractivity contribution in [2.45, 2.75) is 50.7 Å². The molecular weight excluding hydrogens is 441 g/mol. The number of nitrogens with one attached hydrogen (secondary N) is 2. The second-order valence-electron chi connectivity index (χ2n) is 7.72. The van der Waals surface area contributed by atoms with Crippen molar-refractivity contribution in [2.75, 3.05) is 11.9 Å². The van der Waals surface area contributed by atoms with Gasteiger partial charge in [-0.3, -0.25) is 14.9 Å². The Bertz CT molecular complexity index is 925. The summed E-state index contributed by atoms with van der Waals surface area (Å²) in [4.78, 5) is 24.9. The van der Waals surface area contributed by atoms with Crippen LogP contribution in [0.3, 0.4) is 0 Å². The van der Waals surface area contributed by atoms with Crippen molar-refractivity contribution >= 4 is 28.2 Å². The second kappa shape index (κ2) is 11.3. The maximum Gasteiger partial charge on any atom is 0.445 e. The van der Waals surface area contributed by atoms with Crippen molar-refractivity contribution in [3.8, 4) is 0 Å². The first-order chi connectivity index (χ1) is 15.3. The van der Waals surface area contributed by atoms with E-state index in [1.165, 1.54) is 6.08 Å². The molecule has 2 heterocycles. The second-order valence-corrected chi connectivity index (χ2v) is 8.69. The summed E-state index contributed by atoms with van der Waals surface area (Å²) in [5, 5.41) is 10.6. The van der Waals surface area contributed by atoms with Crippen molar-refractivity contribution in [1.82, 2.24) is 15.5 Å². The molecular formula is C22H25F3N4O2S. The summed E-state index contributed by atoms with van der Waals surface area (Å²) in [6.45, 7) is 0.825. The monoisotopic (exact) mass is 466 g/mol. The minimum Gasteiger partial charge on any atom is -0.307 e. The summed E-state index contributed by atoms with van der Waals surface area (Å²) >= 11 is 0.264. The molecule has 1 saturated heterocycles. The molecule has 1 amide bonds. The third-order valence-electron chi connectivity index (χ3n) is 5.23. The average Bonchev–Trinajstić information content (AvgIpc) is 3.26. The van der Waals surface area contributed by atoms with Gasteiger partial charge in [0.25, 0.3) is 0 Å². The zero-order valence-electron chi connectivity index (χ0n) is 17.4. The van der Waals surface area contributed by atoms with Gasteiger partial charge >= 0.3 is 6.18 Å². The minimum absolute atomic E-state index is 0.117. The lowest BCUT2D eigenvalue weighted by Gasteiger charge is -2.23. The summed E-state index contributed by atoms with van der Waals surface area (Å²) in [7, 11) is 0. The number of carbonyl (C=O) groups excluding carboxylic acids is 2. The molecule has 2 atom stereocenters. The molecule has 0 bridgehead atoms. The van der Waals surface area contributed by atoms with Crippen LogP contribution in [0.2, 0.25) is 0 Å². The Labute approximate surface area is 188 Å². The molecule has 0 aliphatic carbocycles. The molecule has 2 aromatic rings. The Morgan fingerprint density at radius 1 is 1.22 bits per heavy atom. The summed E-state index contributed by atoms with van der Waals surface area (Å²) in [6.07, 6.45) is 2.90. The topological polar surface area (TPSA) is 84.0 Å². The number of alkyl halides is 3. The van der Waals surface area contributed by atoms with Crippen molar-refractivity contribution in [1.29, 1.82) is 0 Å². The summed E-state index contributed by atoms with van der Waals surface area (Å²) in [5.41, 5.74) is 1.13. The number of piperidine rings is 1. The van der Waals surface area contributed by atoms with Crippen LogP contribution in [-0.2, 0) is 22.2 Å². The number of carbonyl (C=O) groups is 2. The highest BCUT2D eigenvalue weighted by molar-refractivity contribution is 7.15. The number of rotatable bonds is 9. The van der Waals surface area contributed by atoms with Gasteiger partial charge in [0, 0.05) is 6.42 Å². The van der Waals surface area contributed by atoms with Crippen molar-refractivity contribution < 1.29 is 22.8 Å². The molecule has 2 N–H and O–H groups in total. The van der Waals surface area contributed by atoms with Gasteiger partial charge in [-0.05, 0) is 49.8 Å². The maximum atomic E-state index is 12.7. The Balaban J connectivity index is 1.61. The highest BCUT2D eigenvalue weighted by atomic mass is 32.1. The predicted octanol–water partition coefficient (Wildman–Crippen LogP) is 4.40. The van der Waals surface area contributed by atoms with Gasteiger partial charge in [-0.1, -0.05) is 54.2 Å². The zero-order valence-corrected chi connectivity index (χ0v) is 18.2. The molecule has 10 heteroatoms. The third-order valence-corrected chi connectivity index (χ3v) is 6.11. The van der Waals surface area contributed by atoms with Crippen LogP contribution in [0.5, 0.6) is 0 Å². The highest BCUT2D eigenvalue weighted by Crippen LogP contribution is 2.33. The van der Waals surface area contributed by atoms with E-state index >= 15 is 0 Å². The van der Waals surface area contributed by atoms with Crippen LogP contribution in [0.15, 0.2) is 42.5 Å². The van der Waals surface area contributed by atoms with Crippen LogP contribution in [0.4, 0.5) is 18.3 Å². The van der Waals surface area contributed by atoms with E-state index in [4.69, 9.17) is 0 Å². The first kappa shape index (κ1) is 24.1. The molecule has 0 radical (unpaired) electrons. The molecule has 0 unspecified atom stereocenters. The van der Waals surface area contributed by atoms with Crippen molar-refractivity contribution in [3.05, 3.63) is 53.1 Å². The standard InChI is InChI=1S/C22H25F3N4O2S/c23-22(24,25)20-28-29-21(32-20)27-19(31)12-11-16(10-9-15-6-2-1-3-7-15)14-18(30)17-8-4-5-13-26-17/h1-3,6-7,11-12,16-17,26H,4-5,8-10,13-14H2,(H,27,29,31)/b12-11+/t16-,17-/m0/s1. The lowest BCUT2D eigenvalue weighted by atomic mass is 9.90. The van der Waals surface area contributed by atoms with Crippen LogP contribution < -0.4 is 10.6 Å². The maximum absolute atomic E-state index is 12.7. The Morgan fingerprint density at radius 3 is 2.66 bits per heavy atom. The lowest BCUT2D eigenvalue weighted by molar-refractivity contribution is -0.138. The number of anilines is 1. The summed E-state index contributed by atoms with van der Waals surface area (Å²) in [6, 6.07) is 9.68. The molecule has 0 saturated carbocycles. The van der Waals surface area contributed by atoms with E-state index in [2.05, 4.69) is 20.8 Å². The van der Waals surface area contributed by atoms with E-state index in [-0.39, 0.29) is 34.2 Å². The SMILES string of the molecule is O=C(/C=C/[C@H](CCc1ccccc1)CC(=O)[C@@H]1CCCCN1)Nc1nnc(C(F)(F)F)s1. The number of benzene rings is 1. The fraction of sp³-hybridized carbons (Fsp3) is 0.455. The number of amides is 1. The fourth-order valence-electron chi connectivity index (χ4n) is 3.55. The molecule has 0 spiro atoms. The number of nitrogens with zero attached hydrogens (tertiary/aromatic N) is 2. The van der Waals surface area contributed by atoms with E-state index in [1.54, 1.807) is 6.08 Å². The Morgan fingerprint density at radius 2 is 2.00 bits per heavy atom. The smallest absolute Gasteiger partial charge is 0.307 e. The first-order valence-corrected chi connectivity index (χ1v) is 11.3. The van der Waals surface area contributed by atoms with Crippen LogP contribution in [0, 0.1) is 5.92 Å². The van der Waals surface area contributed by atoms with Gasteiger partial charge in [-0.15, -0.1) is 10.2 Å².